The van der Waals surface area contributed by atoms with E-state index in [2.05, 4.69) is 20.8 Å². The van der Waals surface area contributed by atoms with Gasteiger partial charge in [-0.1, -0.05) is 11.8 Å². The first-order valence-electron chi connectivity index (χ1n) is 7.86. The number of urea groups is 1. The van der Waals surface area contributed by atoms with Crippen LogP contribution in [0.4, 0.5) is 4.79 Å². The molecule has 27 heavy (non-hydrogen) atoms. The zero-order valence-electron chi connectivity index (χ0n) is 15.3. The van der Waals surface area contributed by atoms with Crippen LogP contribution in [0.15, 0.2) is 21.8 Å². The largest absolute Gasteiger partial charge is 0.493 e. The fourth-order valence-corrected chi connectivity index (χ4v) is 2.65. The molecule has 0 saturated heterocycles. The van der Waals surface area contributed by atoms with Crippen LogP contribution in [0.25, 0.3) is 11.5 Å². The van der Waals surface area contributed by atoms with Gasteiger partial charge in [0.1, 0.15) is 0 Å². The third-order valence-electron chi connectivity index (χ3n) is 3.24. The molecule has 0 atom stereocenters. The number of imide groups is 1. The normalized spacial score (nSPS) is 10.2. The molecule has 0 aliphatic rings. The van der Waals surface area contributed by atoms with E-state index in [9.17, 15) is 9.59 Å². The summed E-state index contributed by atoms with van der Waals surface area (Å²) in [5, 5.41) is 12.7. The van der Waals surface area contributed by atoms with Crippen molar-refractivity contribution in [2.24, 2.45) is 0 Å². The lowest BCUT2D eigenvalue weighted by atomic mass is 10.2. The van der Waals surface area contributed by atoms with Crippen LogP contribution in [0.5, 0.6) is 17.2 Å². The molecule has 0 aliphatic heterocycles. The molecule has 1 heterocycles. The highest BCUT2D eigenvalue weighted by molar-refractivity contribution is 7.99. The van der Waals surface area contributed by atoms with E-state index >= 15 is 0 Å². The van der Waals surface area contributed by atoms with Crippen molar-refractivity contribution >= 4 is 23.7 Å². The Morgan fingerprint density at radius 3 is 2.33 bits per heavy atom. The zero-order chi connectivity index (χ0) is 19.8. The van der Waals surface area contributed by atoms with Crippen molar-refractivity contribution < 1.29 is 28.2 Å². The highest BCUT2D eigenvalue weighted by Crippen LogP contribution is 2.41. The molecule has 0 unspecified atom stereocenters. The van der Waals surface area contributed by atoms with Crippen LogP contribution in [0.1, 0.15) is 6.92 Å². The molecular formula is C16H20N4O6S. The number of hydrogen-bond acceptors (Lipinski definition) is 9. The van der Waals surface area contributed by atoms with Crippen LogP contribution in [0, 0.1) is 0 Å². The van der Waals surface area contributed by atoms with Gasteiger partial charge in [-0.25, -0.2) is 4.79 Å². The molecular weight excluding hydrogens is 376 g/mol. The van der Waals surface area contributed by atoms with E-state index in [1.54, 1.807) is 19.1 Å². The van der Waals surface area contributed by atoms with E-state index in [1.165, 1.54) is 21.3 Å². The maximum atomic E-state index is 11.7. The predicted molar refractivity (Wildman–Crippen MR) is 97.3 cm³/mol. The summed E-state index contributed by atoms with van der Waals surface area (Å²) in [5.74, 6) is 1.04. The SMILES string of the molecule is CCNC(=O)NC(=O)CSc1nnc(-c2cc(OC)c(OC)c(OC)c2)o1. The average molecular weight is 396 g/mol. The van der Waals surface area contributed by atoms with Gasteiger partial charge in [0.15, 0.2) is 11.5 Å². The van der Waals surface area contributed by atoms with Crippen molar-refractivity contribution in [2.75, 3.05) is 33.6 Å². The highest BCUT2D eigenvalue weighted by atomic mass is 32.2. The minimum Gasteiger partial charge on any atom is -0.493 e. The summed E-state index contributed by atoms with van der Waals surface area (Å²) in [4.78, 5) is 23.0. The quantitative estimate of drug-likeness (QED) is 0.641. The number of nitrogens with zero attached hydrogens (tertiary/aromatic N) is 2. The molecule has 2 N–H and O–H groups in total. The highest BCUT2D eigenvalue weighted by Gasteiger charge is 2.18. The van der Waals surface area contributed by atoms with Crippen molar-refractivity contribution in [3.05, 3.63) is 12.1 Å². The Kier molecular flexibility index (Phi) is 7.29. The number of methoxy groups -OCH3 is 3. The number of carbonyl (C=O) groups excluding carboxylic acids is 2. The van der Waals surface area contributed by atoms with Gasteiger partial charge < -0.3 is 23.9 Å². The number of thioether (sulfide) groups is 1. The van der Waals surface area contributed by atoms with Crippen molar-refractivity contribution in [2.45, 2.75) is 12.1 Å². The molecule has 2 aromatic rings. The van der Waals surface area contributed by atoms with Gasteiger partial charge in [0.2, 0.25) is 17.5 Å². The van der Waals surface area contributed by atoms with Gasteiger partial charge >= 0.3 is 6.03 Å². The Balaban J connectivity index is 2.09. The van der Waals surface area contributed by atoms with E-state index in [1.807, 2.05) is 0 Å². The van der Waals surface area contributed by atoms with Crippen LogP contribution in [0.3, 0.4) is 0 Å². The van der Waals surface area contributed by atoms with Crippen LogP contribution in [0.2, 0.25) is 0 Å². The fraction of sp³-hybridized carbons (Fsp3) is 0.375. The summed E-state index contributed by atoms with van der Waals surface area (Å²) in [7, 11) is 4.51. The lowest BCUT2D eigenvalue weighted by Crippen LogP contribution is -2.40. The van der Waals surface area contributed by atoms with Gasteiger partial charge in [-0.15, -0.1) is 10.2 Å². The third-order valence-corrected chi connectivity index (χ3v) is 4.05. The molecule has 0 spiro atoms. The Hall–Kier alpha value is -2.95. The summed E-state index contributed by atoms with van der Waals surface area (Å²) in [5.41, 5.74) is 0.565. The van der Waals surface area contributed by atoms with Crippen molar-refractivity contribution in [1.29, 1.82) is 0 Å². The summed E-state index contributed by atoms with van der Waals surface area (Å²) in [6.07, 6.45) is 0. The monoisotopic (exact) mass is 396 g/mol. The molecule has 1 aromatic heterocycles. The second-order valence-corrected chi connectivity index (χ2v) is 5.91. The van der Waals surface area contributed by atoms with E-state index in [4.69, 9.17) is 18.6 Å². The van der Waals surface area contributed by atoms with Gasteiger partial charge in [-0.2, -0.15) is 0 Å². The number of ether oxygens (including phenoxy) is 3. The third kappa shape index (κ3) is 5.26. The second kappa shape index (κ2) is 9.67. The maximum Gasteiger partial charge on any atom is 0.321 e. The molecule has 0 bridgehead atoms. The van der Waals surface area contributed by atoms with E-state index in [-0.39, 0.29) is 16.9 Å². The lowest BCUT2D eigenvalue weighted by molar-refractivity contribution is -0.117. The summed E-state index contributed by atoms with van der Waals surface area (Å²) >= 11 is 1.01. The molecule has 11 heteroatoms. The Labute approximate surface area is 159 Å². The first-order valence-corrected chi connectivity index (χ1v) is 8.85. The second-order valence-electron chi connectivity index (χ2n) is 4.98. The number of nitrogens with one attached hydrogen (secondary N) is 2. The Bertz CT molecular complexity index is 785. The van der Waals surface area contributed by atoms with Gasteiger partial charge in [0.05, 0.1) is 27.1 Å². The molecule has 2 rings (SSSR count). The number of aromatic nitrogens is 2. The standard InChI is InChI=1S/C16H20N4O6S/c1-5-17-15(22)18-12(21)8-27-16-20-19-14(26-16)9-6-10(23-2)13(25-4)11(7-9)24-3/h6-7H,5,8H2,1-4H3,(H2,17,18,21,22). The first kappa shape index (κ1) is 20.4. The number of carbonyl (C=O) groups is 2. The zero-order valence-corrected chi connectivity index (χ0v) is 16.1. The topological polar surface area (TPSA) is 125 Å². The van der Waals surface area contributed by atoms with Gasteiger partial charge in [-0.05, 0) is 19.1 Å². The van der Waals surface area contributed by atoms with Crippen LogP contribution in [-0.2, 0) is 4.79 Å². The van der Waals surface area contributed by atoms with Crippen molar-refractivity contribution in [3.63, 3.8) is 0 Å². The average Bonchev–Trinajstić information content (AvgIpc) is 3.14. The van der Waals surface area contributed by atoms with Gasteiger partial charge in [0, 0.05) is 12.1 Å². The van der Waals surface area contributed by atoms with Gasteiger partial charge in [-0.3, -0.25) is 10.1 Å². The van der Waals surface area contributed by atoms with Crippen molar-refractivity contribution in [3.8, 4) is 28.7 Å². The fourth-order valence-electron chi connectivity index (χ4n) is 2.08. The number of amides is 3. The molecule has 0 radical (unpaired) electrons. The smallest absolute Gasteiger partial charge is 0.321 e. The summed E-state index contributed by atoms with van der Waals surface area (Å²) < 4.78 is 21.4. The summed E-state index contributed by atoms with van der Waals surface area (Å²) in [6.45, 7) is 2.18. The number of benzene rings is 1. The lowest BCUT2D eigenvalue weighted by Gasteiger charge is -2.12. The minimum absolute atomic E-state index is 0.0476. The van der Waals surface area contributed by atoms with E-state index in [0.717, 1.165) is 11.8 Å². The molecule has 1 aromatic carbocycles. The molecule has 0 fully saturated rings. The number of rotatable bonds is 8. The van der Waals surface area contributed by atoms with Crippen molar-refractivity contribution in [1.82, 2.24) is 20.8 Å². The molecule has 0 aliphatic carbocycles. The van der Waals surface area contributed by atoms with E-state index in [0.29, 0.717) is 29.4 Å². The van der Waals surface area contributed by atoms with Crippen LogP contribution < -0.4 is 24.8 Å². The molecule has 0 saturated carbocycles. The van der Waals surface area contributed by atoms with Gasteiger partial charge in [0.25, 0.3) is 5.22 Å². The maximum absolute atomic E-state index is 11.7. The number of hydrogen-bond donors (Lipinski definition) is 2. The first-order chi connectivity index (χ1) is 13.0. The molecule has 3 amide bonds. The Morgan fingerprint density at radius 1 is 1.11 bits per heavy atom. The molecule has 146 valence electrons. The predicted octanol–water partition coefficient (Wildman–Crippen LogP) is 1.70. The van der Waals surface area contributed by atoms with Crippen LogP contribution in [-0.4, -0.2) is 55.8 Å². The Morgan fingerprint density at radius 2 is 1.78 bits per heavy atom. The van der Waals surface area contributed by atoms with Crippen LogP contribution >= 0.6 is 11.8 Å². The van der Waals surface area contributed by atoms with E-state index < -0.39 is 11.9 Å². The minimum atomic E-state index is -0.549. The molecule has 10 nitrogen and oxygen atoms in total. The summed E-state index contributed by atoms with van der Waals surface area (Å²) in [6, 6.07) is 2.79.